The quantitative estimate of drug-likeness (QED) is 0.606. The van der Waals surface area contributed by atoms with Crippen LogP contribution in [0.25, 0.3) is 0 Å². The molecule has 0 atom stereocenters. The van der Waals surface area contributed by atoms with Gasteiger partial charge in [-0.05, 0) is 52.3 Å². The van der Waals surface area contributed by atoms with Gasteiger partial charge < -0.3 is 4.90 Å². The zero-order valence-electron chi connectivity index (χ0n) is 10.8. The van der Waals surface area contributed by atoms with Crippen LogP contribution in [0.1, 0.15) is 0 Å². The number of pyridine rings is 1. The molecule has 3 heteroatoms. The molecule has 0 unspecified atom stereocenters. The van der Waals surface area contributed by atoms with Crippen molar-refractivity contribution in [3.05, 3.63) is 83.6 Å². The second-order valence-electron chi connectivity index (χ2n) is 4.35. The third-order valence-corrected chi connectivity index (χ3v) is 3.47. The van der Waals surface area contributed by atoms with Crippen LogP contribution in [0.15, 0.2) is 83.6 Å². The highest BCUT2D eigenvalue weighted by atomic mass is 79.9. The molecule has 0 saturated heterocycles. The van der Waals surface area contributed by atoms with Gasteiger partial charge in [0.2, 0.25) is 0 Å². The van der Waals surface area contributed by atoms with E-state index in [0.717, 1.165) is 21.7 Å². The highest BCUT2D eigenvalue weighted by Gasteiger charge is 2.11. The van der Waals surface area contributed by atoms with Gasteiger partial charge in [-0.1, -0.05) is 36.4 Å². The molecule has 0 radical (unpaired) electrons. The number of halogens is 1. The van der Waals surface area contributed by atoms with Crippen LogP contribution in [-0.4, -0.2) is 4.98 Å². The van der Waals surface area contributed by atoms with E-state index in [9.17, 15) is 0 Å². The summed E-state index contributed by atoms with van der Waals surface area (Å²) in [7, 11) is 0. The summed E-state index contributed by atoms with van der Waals surface area (Å²) in [6, 6.07) is 24.6. The van der Waals surface area contributed by atoms with E-state index in [1.165, 1.54) is 0 Å². The molecule has 2 nitrogen and oxygen atoms in total. The summed E-state index contributed by atoms with van der Waals surface area (Å²) in [6.45, 7) is 0. The van der Waals surface area contributed by atoms with Crippen molar-refractivity contribution >= 4 is 33.0 Å². The van der Waals surface area contributed by atoms with Gasteiger partial charge in [-0.3, -0.25) is 0 Å². The Bertz CT molecular complexity index is 627. The zero-order valence-corrected chi connectivity index (χ0v) is 12.4. The molecule has 3 rings (SSSR count). The third-order valence-electron chi connectivity index (χ3n) is 3.00. The Morgan fingerprint density at radius 3 is 1.65 bits per heavy atom. The number of hydrogen-bond donors (Lipinski definition) is 0. The zero-order chi connectivity index (χ0) is 13.8. The molecule has 0 aliphatic rings. The van der Waals surface area contributed by atoms with Crippen LogP contribution in [0, 0.1) is 0 Å². The highest BCUT2D eigenvalue weighted by molar-refractivity contribution is 9.10. The summed E-state index contributed by atoms with van der Waals surface area (Å²) >= 11 is 3.38. The minimum Gasteiger partial charge on any atom is -0.309 e. The van der Waals surface area contributed by atoms with Crippen molar-refractivity contribution in [2.75, 3.05) is 4.90 Å². The van der Waals surface area contributed by atoms with Crippen LogP contribution in [-0.2, 0) is 0 Å². The van der Waals surface area contributed by atoms with Gasteiger partial charge in [0.05, 0.1) is 11.9 Å². The predicted octanol–water partition coefficient (Wildman–Crippen LogP) is 5.31. The molecular weight excluding hydrogens is 312 g/mol. The number of rotatable bonds is 3. The number of benzene rings is 2. The number of hydrogen-bond acceptors (Lipinski definition) is 2. The van der Waals surface area contributed by atoms with Crippen molar-refractivity contribution in [3.8, 4) is 0 Å². The fourth-order valence-electron chi connectivity index (χ4n) is 2.10. The average molecular weight is 325 g/mol. The summed E-state index contributed by atoms with van der Waals surface area (Å²) in [5, 5.41) is 0. The maximum atomic E-state index is 4.33. The van der Waals surface area contributed by atoms with Crippen LogP contribution in [0.3, 0.4) is 0 Å². The molecule has 0 aliphatic carbocycles. The summed E-state index contributed by atoms with van der Waals surface area (Å²) in [4.78, 5) is 6.51. The molecule has 1 heterocycles. The van der Waals surface area contributed by atoms with E-state index in [-0.39, 0.29) is 0 Å². The summed E-state index contributed by atoms with van der Waals surface area (Å²) in [5.74, 6) is 0. The molecule has 0 aliphatic heterocycles. The van der Waals surface area contributed by atoms with E-state index < -0.39 is 0 Å². The molecule has 0 spiro atoms. The minimum absolute atomic E-state index is 0.835. The summed E-state index contributed by atoms with van der Waals surface area (Å²) < 4.78 is 0.835. The Morgan fingerprint density at radius 2 is 1.20 bits per heavy atom. The predicted molar refractivity (Wildman–Crippen MR) is 86.6 cm³/mol. The topological polar surface area (TPSA) is 16.1 Å². The smallest absolute Gasteiger partial charge is 0.106 e. The van der Waals surface area contributed by atoms with Crippen LogP contribution in [0.2, 0.25) is 0 Å². The number of anilines is 3. The van der Waals surface area contributed by atoms with Crippen LogP contribution in [0.5, 0.6) is 0 Å². The van der Waals surface area contributed by atoms with Crippen molar-refractivity contribution in [3.63, 3.8) is 0 Å². The molecule has 3 aromatic rings. The first-order valence-electron chi connectivity index (χ1n) is 6.36. The summed E-state index contributed by atoms with van der Waals surface area (Å²) in [6.07, 6.45) is 1.87. The van der Waals surface area contributed by atoms with E-state index in [4.69, 9.17) is 0 Å². The van der Waals surface area contributed by atoms with E-state index in [1.807, 2.05) is 48.7 Å². The normalized spacial score (nSPS) is 10.2. The van der Waals surface area contributed by atoms with Crippen molar-refractivity contribution < 1.29 is 0 Å². The van der Waals surface area contributed by atoms with E-state index >= 15 is 0 Å². The van der Waals surface area contributed by atoms with Crippen molar-refractivity contribution in [2.24, 2.45) is 0 Å². The largest absolute Gasteiger partial charge is 0.309 e. The van der Waals surface area contributed by atoms with Crippen molar-refractivity contribution in [1.29, 1.82) is 0 Å². The molecule has 0 N–H and O–H groups in total. The first-order valence-corrected chi connectivity index (χ1v) is 7.16. The van der Waals surface area contributed by atoms with Crippen LogP contribution >= 0.6 is 15.9 Å². The first-order chi connectivity index (χ1) is 9.84. The van der Waals surface area contributed by atoms with Gasteiger partial charge in [0.15, 0.2) is 0 Å². The van der Waals surface area contributed by atoms with Gasteiger partial charge in [0, 0.05) is 11.4 Å². The molecule has 1 aromatic heterocycles. The molecule has 0 amide bonds. The van der Waals surface area contributed by atoms with E-state index in [1.54, 1.807) is 0 Å². The lowest BCUT2D eigenvalue weighted by molar-refractivity contribution is 1.21. The molecule has 98 valence electrons. The van der Waals surface area contributed by atoms with Gasteiger partial charge in [-0.25, -0.2) is 4.98 Å². The van der Waals surface area contributed by atoms with E-state index in [0.29, 0.717) is 0 Å². The molecule has 2 aromatic carbocycles. The highest BCUT2D eigenvalue weighted by Crippen LogP contribution is 2.33. The summed E-state index contributed by atoms with van der Waals surface area (Å²) in [5.41, 5.74) is 3.26. The van der Waals surface area contributed by atoms with Gasteiger partial charge in [0.25, 0.3) is 0 Å². The van der Waals surface area contributed by atoms with Gasteiger partial charge >= 0.3 is 0 Å². The van der Waals surface area contributed by atoms with Crippen molar-refractivity contribution in [2.45, 2.75) is 0 Å². The van der Waals surface area contributed by atoms with Gasteiger partial charge in [0.1, 0.15) is 4.60 Å². The number of para-hydroxylation sites is 2. The minimum atomic E-state index is 0.835. The number of aromatic nitrogens is 1. The first kappa shape index (κ1) is 12.9. The van der Waals surface area contributed by atoms with Gasteiger partial charge in [-0.15, -0.1) is 0 Å². The molecule has 0 fully saturated rings. The maximum absolute atomic E-state index is 4.33. The lowest BCUT2D eigenvalue weighted by Gasteiger charge is -2.24. The molecule has 0 saturated carbocycles. The molecular formula is C17H13BrN2. The Hall–Kier alpha value is -2.13. The average Bonchev–Trinajstić information content (AvgIpc) is 2.52. The Morgan fingerprint density at radius 1 is 0.650 bits per heavy atom. The maximum Gasteiger partial charge on any atom is 0.106 e. The van der Waals surface area contributed by atoms with Gasteiger partial charge in [-0.2, -0.15) is 0 Å². The molecule has 20 heavy (non-hydrogen) atoms. The van der Waals surface area contributed by atoms with Crippen molar-refractivity contribution in [1.82, 2.24) is 4.98 Å². The number of nitrogens with zero attached hydrogens (tertiary/aromatic N) is 2. The fraction of sp³-hybridized carbons (Fsp3) is 0. The molecule has 0 bridgehead atoms. The fourth-order valence-corrected chi connectivity index (χ4v) is 2.34. The Kier molecular flexibility index (Phi) is 3.79. The Labute approximate surface area is 126 Å². The van der Waals surface area contributed by atoms with Crippen LogP contribution < -0.4 is 4.90 Å². The third kappa shape index (κ3) is 2.73. The Balaban J connectivity index is 2.11. The SMILES string of the molecule is Brc1ccc(N(c2ccccc2)c2ccccc2)cn1. The second kappa shape index (κ2) is 5.88. The second-order valence-corrected chi connectivity index (χ2v) is 5.16. The lowest BCUT2D eigenvalue weighted by Crippen LogP contribution is -2.09. The lowest BCUT2D eigenvalue weighted by atomic mass is 10.2. The van der Waals surface area contributed by atoms with Crippen LogP contribution in [0.4, 0.5) is 17.1 Å². The monoisotopic (exact) mass is 324 g/mol. The van der Waals surface area contributed by atoms with E-state index in [2.05, 4.69) is 56.1 Å². The standard InChI is InChI=1S/C17H13BrN2/c18-17-12-11-16(13-19-17)20(14-7-3-1-4-8-14)15-9-5-2-6-10-15/h1-13H.